The quantitative estimate of drug-likeness (QED) is 0.178. The monoisotopic (exact) mass is 689 g/mol. The molecule has 0 radical (unpaired) electrons. The number of benzene rings is 7. The summed E-state index contributed by atoms with van der Waals surface area (Å²) >= 11 is 3.80. The van der Waals surface area contributed by atoms with Crippen molar-refractivity contribution in [3.63, 3.8) is 0 Å². The first kappa shape index (κ1) is 29.5. The normalized spacial score (nSPS) is 15.0. The average molecular weight is 690 g/mol. The first-order chi connectivity index (χ1) is 24.8. The van der Waals surface area contributed by atoms with Crippen LogP contribution in [0.5, 0.6) is 0 Å². The minimum Gasteiger partial charge on any atom is -0.310 e. The van der Waals surface area contributed by atoms with Gasteiger partial charge in [-0.2, -0.15) is 0 Å². The van der Waals surface area contributed by atoms with E-state index in [2.05, 4.69) is 172 Å². The van der Waals surface area contributed by atoms with E-state index in [-0.39, 0.29) is 10.8 Å². The Bertz CT molecular complexity index is 2830. The third-order valence-corrected chi connectivity index (χ3v) is 14.1. The van der Waals surface area contributed by atoms with E-state index in [4.69, 9.17) is 0 Å². The Morgan fingerprint density at radius 1 is 0.353 bits per heavy atom. The van der Waals surface area contributed by atoms with E-state index in [1.54, 1.807) is 0 Å². The second kappa shape index (κ2) is 10.2. The standard InChI is InChI=1S/C48H35NS2/c1-47(2)39-14-8-5-11-31(39)33-20-17-29(24-41(33)47)49(30-18-21-34-32-12-6-9-15-40(32)48(3,4)42(34)25-30)28-19-22-44-36(23-28)38-27-45-37(26-46(38)51-44)35-13-7-10-16-43(35)50-45/h5-27H,1-4H3. The molecular weight excluding hydrogens is 655 g/mol. The second-order valence-corrected chi connectivity index (χ2v) is 17.5. The molecule has 0 atom stereocenters. The molecule has 1 nitrogen and oxygen atoms in total. The minimum absolute atomic E-state index is 0.0850. The first-order valence-electron chi connectivity index (χ1n) is 17.8. The summed E-state index contributed by atoms with van der Waals surface area (Å²) in [5, 5.41) is 5.37. The van der Waals surface area contributed by atoms with Crippen molar-refractivity contribution in [3.05, 3.63) is 162 Å². The van der Waals surface area contributed by atoms with Crippen LogP contribution in [0.25, 0.3) is 62.6 Å². The lowest BCUT2D eigenvalue weighted by atomic mass is 9.82. The minimum atomic E-state index is -0.0850. The lowest BCUT2D eigenvalue weighted by Crippen LogP contribution is -2.18. The number of rotatable bonds is 3. The van der Waals surface area contributed by atoms with E-state index in [9.17, 15) is 0 Å². The lowest BCUT2D eigenvalue weighted by molar-refractivity contribution is 0.660. The molecule has 2 heterocycles. The molecule has 244 valence electrons. The van der Waals surface area contributed by atoms with Gasteiger partial charge in [-0.15, -0.1) is 22.7 Å². The van der Waals surface area contributed by atoms with Crippen LogP contribution in [0.2, 0.25) is 0 Å². The molecule has 2 aliphatic carbocycles. The van der Waals surface area contributed by atoms with Gasteiger partial charge < -0.3 is 4.90 Å². The summed E-state index contributed by atoms with van der Waals surface area (Å²) in [7, 11) is 0. The zero-order valence-corrected chi connectivity index (χ0v) is 30.7. The van der Waals surface area contributed by atoms with Crippen LogP contribution in [-0.4, -0.2) is 0 Å². The third-order valence-electron chi connectivity index (χ3n) is 11.9. The fraction of sp³-hybridized carbons (Fsp3) is 0.125. The van der Waals surface area contributed by atoms with Crippen LogP contribution < -0.4 is 4.90 Å². The van der Waals surface area contributed by atoms with E-state index in [0.29, 0.717) is 0 Å². The molecule has 9 aromatic rings. The SMILES string of the molecule is CC1(C)c2ccccc2-c2ccc(N(c3ccc4c(c3)C(C)(C)c3ccccc3-4)c3ccc4sc5cc6c(cc5c4c3)sc3ccccc36)cc21. The number of hydrogen-bond acceptors (Lipinski definition) is 3. The van der Waals surface area contributed by atoms with Gasteiger partial charge in [0.05, 0.1) is 0 Å². The van der Waals surface area contributed by atoms with Gasteiger partial charge >= 0.3 is 0 Å². The highest BCUT2D eigenvalue weighted by Crippen LogP contribution is 2.53. The average Bonchev–Trinajstić information content (AvgIpc) is 3.83. The van der Waals surface area contributed by atoms with Crippen LogP contribution in [0.4, 0.5) is 17.1 Å². The molecule has 0 unspecified atom stereocenters. The first-order valence-corrected chi connectivity index (χ1v) is 19.5. The molecule has 2 aliphatic rings. The predicted molar refractivity (Wildman–Crippen MR) is 222 cm³/mol. The van der Waals surface area contributed by atoms with E-state index in [1.165, 1.54) is 102 Å². The Morgan fingerprint density at radius 3 is 1.39 bits per heavy atom. The Balaban J connectivity index is 1.14. The van der Waals surface area contributed by atoms with Gasteiger partial charge in [0.25, 0.3) is 0 Å². The van der Waals surface area contributed by atoms with Crippen molar-refractivity contribution in [1.82, 2.24) is 0 Å². The Labute approximate surface area is 306 Å². The van der Waals surface area contributed by atoms with Crippen molar-refractivity contribution in [2.24, 2.45) is 0 Å². The van der Waals surface area contributed by atoms with Gasteiger partial charge in [-0.3, -0.25) is 0 Å². The molecule has 0 saturated carbocycles. The van der Waals surface area contributed by atoms with Crippen molar-refractivity contribution in [2.75, 3.05) is 4.90 Å². The van der Waals surface area contributed by atoms with Crippen LogP contribution in [0, 0.1) is 0 Å². The van der Waals surface area contributed by atoms with Crippen molar-refractivity contribution in [1.29, 1.82) is 0 Å². The number of fused-ring (bicyclic) bond motifs is 12. The highest BCUT2D eigenvalue weighted by Gasteiger charge is 2.37. The molecule has 0 aliphatic heterocycles. The predicted octanol–water partition coefficient (Wildman–Crippen LogP) is 14.5. The Kier molecular flexibility index (Phi) is 5.89. The molecule has 3 heteroatoms. The molecule has 7 aromatic carbocycles. The van der Waals surface area contributed by atoms with Crippen molar-refractivity contribution >= 4 is 80.1 Å². The van der Waals surface area contributed by atoms with Crippen molar-refractivity contribution in [3.8, 4) is 22.3 Å². The maximum absolute atomic E-state index is 2.50. The molecule has 51 heavy (non-hydrogen) atoms. The van der Waals surface area contributed by atoms with Gasteiger partial charge in [0, 0.05) is 68.2 Å². The second-order valence-electron chi connectivity index (χ2n) is 15.4. The maximum Gasteiger partial charge on any atom is 0.0468 e. The van der Waals surface area contributed by atoms with Gasteiger partial charge in [-0.05, 0) is 105 Å². The molecular formula is C48H35NS2. The summed E-state index contributed by atoms with van der Waals surface area (Å²) in [6.45, 7) is 9.50. The van der Waals surface area contributed by atoms with E-state index < -0.39 is 0 Å². The van der Waals surface area contributed by atoms with Gasteiger partial charge in [0.15, 0.2) is 0 Å². The van der Waals surface area contributed by atoms with Crippen LogP contribution in [0.1, 0.15) is 49.9 Å². The number of nitrogens with zero attached hydrogens (tertiary/aromatic N) is 1. The zero-order chi connectivity index (χ0) is 34.2. The highest BCUT2D eigenvalue weighted by molar-refractivity contribution is 7.27. The Morgan fingerprint density at radius 2 is 0.784 bits per heavy atom. The molecule has 0 N–H and O–H groups in total. The molecule has 0 amide bonds. The summed E-state index contributed by atoms with van der Waals surface area (Å²) in [5.74, 6) is 0. The summed E-state index contributed by atoms with van der Waals surface area (Å²) in [6, 6.07) is 52.9. The van der Waals surface area contributed by atoms with E-state index in [1.807, 2.05) is 22.7 Å². The molecule has 0 saturated heterocycles. The van der Waals surface area contributed by atoms with E-state index >= 15 is 0 Å². The maximum atomic E-state index is 2.50. The fourth-order valence-corrected chi connectivity index (χ4v) is 11.5. The summed E-state index contributed by atoms with van der Waals surface area (Å²) in [6.07, 6.45) is 0. The van der Waals surface area contributed by atoms with Crippen molar-refractivity contribution in [2.45, 2.75) is 38.5 Å². The van der Waals surface area contributed by atoms with Gasteiger partial charge in [0.1, 0.15) is 0 Å². The third kappa shape index (κ3) is 4.02. The summed E-state index contributed by atoms with van der Waals surface area (Å²) in [5.41, 5.74) is 14.4. The fourth-order valence-electron chi connectivity index (χ4n) is 9.23. The van der Waals surface area contributed by atoms with Crippen LogP contribution in [0.15, 0.2) is 140 Å². The number of hydrogen-bond donors (Lipinski definition) is 0. The molecule has 0 bridgehead atoms. The highest BCUT2D eigenvalue weighted by atomic mass is 32.1. The lowest BCUT2D eigenvalue weighted by Gasteiger charge is -2.30. The molecule has 0 fully saturated rings. The van der Waals surface area contributed by atoms with Crippen molar-refractivity contribution < 1.29 is 0 Å². The van der Waals surface area contributed by atoms with Crippen LogP contribution in [-0.2, 0) is 10.8 Å². The summed E-state index contributed by atoms with van der Waals surface area (Å²) < 4.78 is 5.38. The van der Waals surface area contributed by atoms with Crippen LogP contribution >= 0.6 is 22.7 Å². The van der Waals surface area contributed by atoms with Gasteiger partial charge in [-0.25, -0.2) is 0 Å². The molecule has 0 spiro atoms. The van der Waals surface area contributed by atoms with Gasteiger partial charge in [0.2, 0.25) is 0 Å². The van der Waals surface area contributed by atoms with Crippen LogP contribution in [0.3, 0.4) is 0 Å². The summed E-state index contributed by atoms with van der Waals surface area (Å²) in [4.78, 5) is 2.50. The molecule has 11 rings (SSSR count). The Hall–Kier alpha value is -5.22. The smallest absolute Gasteiger partial charge is 0.0468 e. The topological polar surface area (TPSA) is 3.24 Å². The number of anilines is 3. The molecule has 2 aromatic heterocycles. The van der Waals surface area contributed by atoms with Gasteiger partial charge in [-0.1, -0.05) is 107 Å². The largest absolute Gasteiger partial charge is 0.310 e. The van der Waals surface area contributed by atoms with E-state index in [0.717, 1.165) is 0 Å². The number of thiophene rings is 2. The zero-order valence-electron chi connectivity index (χ0n) is 29.0.